The highest BCUT2D eigenvalue weighted by Gasteiger charge is 2.38. The van der Waals surface area contributed by atoms with E-state index in [-0.39, 0.29) is 11.4 Å². The molecule has 5 nitrogen and oxygen atoms in total. The Morgan fingerprint density at radius 1 is 1.10 bits per heavy atom. The second-order valence-electron chi connectivity index (χ2n) is 6.21. The first kappa shape index (κ1) is 15.7. The van der Waals surface area contributed by atoms with Crippen molar-refractivity contribution in [3.05, 3.63) is 0 Å². The molecule has 0 spiro atoms. The smallest absolute Gasteiger partial charge is 0.311 e. The monoisotopic (exact) mass is 283 g/mol. The highest BCUT2D eigenvalue weighted by Crippen LogP contribution is 2.32. The van der Waals surface area contributed by atoms with Crippen LogP contribution in [0.2, 0.25) is 0 Å². The van der Waals surface area contributed by atoms with Crippen LogP contribution in [0.25, 0.3) is 0 Å². The van der Waals surface area contributed by atoms with Gasteiger partial charge in [-0.3, -0.25) is 9.69 Å². The maximum atomic E-state index is 12.0. The molecule has 2 saturated heterocycles. The molecule has 0 aromatic heterocycles. The molecule has 0 aliphatic carbocycles. The van der Waals surface area contributed by atoms with Crippen LogP contribution in [-0.4, -0.2) is 74.7 Å². The predicted molar refractivity (Wildman–Crippen MR) is 79.7 cm³/mol. The van der Waals surface area contributed by atoms with Crippen LogP contribution in [0.4, 0.5) is 0 Å². The number of piperazine rings is 1. The summed E-state index contributed by atoms with van der Waals surface area (Å²) in [5.41, 5.74) is -0.262. The molecule has 2 heterocycles. The molecule has 20 heavy (non-hydrogen) atoms. The van der Waals surface area contributed by atoms with Crippen molar-refractivity contribution in [1.82, 2.24) is 15.1 Å². The predicted octanol–water partition coefficient (Wildman–Crippen LogP) is 0.557. The summed E-state index contributed by atoms with van der Waals surface area (Å²) in [5.74, 6) is -0.0123. The molecule has 0 amide bonds. The first-order chi connectivity index (χ1) is 9.64. The minimum atomic E-state index is -0.262. The van der Waals surface area contributed by atoms with E-state index in [4.69, 9.17) is 4.74 Å². The SMILES string of the molecule is CCOC(=O)C1(C)CCN(CCN2CCNCC2)CC1. The Morgan fingerprint density at radius 3 is 2.20 bits per heavy atom. The number of nitrogens with one attached hydrogen (secondary N) is 1. The van der Waals surface area contributed by atoms with E-state index in [0.29, 0.717) is 6.61 Å². The molecule has 0 bridgehead atoms. The zero-order chi connectivity index (χ0) is 14.4. The largest absolute Gasteiger partial charge is 0.466 e. The maximum Gasteiger partial charge on any atom is 0.311 e. The Morgan fingerprint density at radius 2 is 1.65 bits per heavy atom. The molecular formula is C15H29N3O2. The Bertz CT molecular complexity index is 308. The molecule has 2 aliphatic heterocycles. The van der Waals surface area contributed by atoms with Crippen molar-refractivity contribution in [3.8, 4) is 0 Å². The van der Waals surface area contributed by atoms with Crippen molar-refractivity contribution >= 4 is 5.97 Å². The van der Waals surface area contributed by atoms with E-state index in [1.54, 1.807) is 0 Å². The molecule has 2 rings (SSSR count). The molecule has 0 unspecified atom stereocenters. The van der Waals surface area contributed by atoms with Crippen LogP contribution in [0.15, 0.2) is 0 Å². The van der Waals surface area contributed by atoms with Gasteiger partial charge in [0.05, 0.1) is 12.0 Å². The van der Waals surface area contributed by atoms with Crippen molar-refractivity contribution in [1.29, 1.82) is 0 Å². The van der Waals surface area contributed by atoms with Crippen LogP contribution in [0, 0.1) is 5.41 Å². The Kier molecular flexibility index (Phi) is 5.81. The molecule has 0 aromatic carbocycles. The van der Waals surface area contributed by atoms with E-state index >= 15 is 0 Å². The molecule has 5 heteroatoms. The van der Waals surface area contributed by atoms with Crippen molar-refractivity contribution < 1.29 is 9.53 Å². The summed E-state index contributed by atoms with van der Waals surface area (Å²) in [6.45, 7) is 13.3. The lowest BCUT2D eigenvalue weighted by Gasteiger charge is -2.38. The van der Waals surface area contributed by atoms with Gasteiger partial charge in [0.2, 0.25) is 0 Å². The van der Waals surface area contributed by atoms with Gasteiger partial charge in [0, 0.05) is 39.3 Å². The van der Waals surface area contributed by atoms with Gasteiger partial charge >= 0.3 is 5.97 Å². The van der Waals surface area contributed by atoms with Crippen LogP contribution < -0.4 is 5.32 Å². The van der Waals surface area contributed by atoms with E-state index in [1.807, 2.05) is 6.92 Å². The average Bonchev–Trinajstić information content (AvgIpc) is 2.48. The quantitative estimate of drug-likeness (QED) is 0.747. The van der Waals surface area contributed by atoms with Gasteiger partial charge in [-0.05, 0) is 39.8 Å². The number of nitrogens with zero attached hydrogens (tertiary/aromatic N) is 2. The third-order valence-corrected chi connectivity index (χ3v) is 4.67. The summed E-state index contributed by atoms with van der Waals surface area (Å²) >= 11 is 0. The summed E-state index contributed by atoms with van der Waals surface area (Å²) in [6.07, 6.45) is 1.85. The Labute approximate surface area is 122 Å². The number of carbonyl (C=O) groups excluding carboxylic acids is 1. The topological polar surface area (TPSA) is 44.8 Å². The minimum absolute atomic E-state index is 0.0123. The van der Waals surface area contributed by atoms with E-state index in [9.17, 15) is 4.79 Å². The van der Waals surface area contributed by atoms with Crippen molar-refractivity contribution in [2.24, 2.45) is 5.41 Å². The fraction of sp³-hybridized carbons (Fsp3) is 0.933. The second-order valence-corrected chi connectivity index (χ2v) is 6.21. The molecule has 1 N–H and O–H groups in total. The van der Waals surface area contributed by atoms with Gasteiger partial charge in [-0.1, -0.05) is 0 Å². The van der Waals surface area contributed by atoms with E-state index in [0.717, 1.165) is 65.2 Å². The molecule has 116 valence electrons. The van der Waals surface area contributed by atoms with E-state index < -0.39 is 0 Å². The Balaban J connectivity index is 1.69. The number of likely N-dealkylation sites (tertiary alicyclic amines) is 1. The molecule has 2 fully saturated rings. The summed E-state index contributed by atoms with van der Waals surface area (Å²) in [6, 6.07) is 0. The third kappa shape index (κ3) is 4.17. The third-order valence-electron chi connectivity index (χ3n) is 4.67. The first-order valence-corrected chi connectivity index (χ1v) is 7.97. The standard InChI is InChI=1S/C15H29N3O2/c1-3-20-14(19)15(2)4-8-17(9-5-15)12-13-18-10-6-16-7-11-18/h16H,3-13H2,1-2H3. The number of carbonyl (C=O) groups is 1. The normalized spacial score (nSPS) is 24.5. The lowest BCUT2D eigenvalue weighted by molar-refractivity contribution is -0.157. The molecule has 0 radical (unpaired) electrons. The zero-order valence-electron chi connectivity index (χ0n) is 13.0. The maximum absolute atomic E-state index is 12.0. The zero-order valence-corrected chi connectivity index (χ0v) is 13.0. The van der Waals surface area contributed by atoms with Crippen LogP contribution in [0.5, 0.6) is 0 Å². The Hall–Kier alpha value is -0.650. The fourth-order valence-electron chi connectivity index (χ4n) is 3.00. The summed E-state index contributed by atoms with van der Waals surface area (Å²) in [5, 5.41) is 3.38. The minimum Gasteiger partial charge on any atom is -0.466 e. The molecule has 2 aliphatic rings. The first-order valence-electron chi connectivity index (χ1n) is 7.97. The van der Waals surface area contributed by atoms with E-state index in [1.165, 1.54) is 0 Å². The summed E-state index contributed by atoms with van der Waals surface area (Å²) in [7, 11) is 0. The number of rotatable bonds is 5. The number of hydrogen-bond acceptors (Lipinski definition) is 5. The van der Waals surface area contributed by atoms with Gasteiger partial charge in [-0.25, -0.2) is 0 Å². The van der Waals surface area contributed by atoms with Gasteiger partial charge in [0.15, 0.2) is 0 Å². The highest BCUT2D eigenvalue weighted by atomic mass is 16.5. The number of hydrogen-bond donors (Lipinski definition) is 1. The number of piperidine rings is 1. The average molecular weight is 283 g/mol. The molecule has 0 atom stereocenters. The lowest BCUT2D eigenvalue weighted by atomic mass is 9.80. The van der Waals surface area contributed by atoms with Crippen LogP contribution in [-0.2, 0) is 9.53 Å². The van der Waals surface area contributed by atoms with Crippen LogP contribution in [0.1, 0.15) is 26.7 Å². The molecule has 0 aromatic rings. The van der Waals surface area contributed by atoms with Gasteiger partial charge in [-0.2, -0.15) is 0 Å². The van der Waals surface area contributed by atoms with Crippen molar-refractivity contribution in [2.75, 3.05) is 59.0 Å². The van der Waals surface area contributed by atoms with Crippen LogP contribution >= 0.6 is 0 Å². The highest BCUT2D eigenvalue weighted by molar-refractivity contribution is 5.76. The molecular weight excluding hydrogens is 254 g/mol. The van der Waals surface area contributed by atoms with Gasteiger partial charge in [0.1, 0.15) is 0 Å². The van der Waals surface area contributed by atoms with Crippen molar-refractivity contribution in [2.45, 2.75) is 26.7 Å². The van der Waals surface area contributed by atoms with Gasteiger partial charge in [0.25, 0.3) is 0 Å². The molecule has 0 saturated carbocycles. The fourth-order valence-corrected chi connectivity index (χ4v) is 3.00. The van der Waals surface area contributed by atoms with E-state index in [2.05, 4.69) is 22.0 Å². The number of ether oxygens (including phenoxy) is 1. The summed E-state index contributed by atoms with van der Waals surface area (Å²) in [4.78, 5) is 17.0. The summed E-state index contributed by atoms with van der Waals surface area (Å²) < 4.78 is 5.20. The lowest BCUT2D eigenvalue weighted by Crippen LogP contribution is -2.48. The second kappa shape index (κ2) is 7.38. The van der Waals surface area contributed by atoms with Gasteiger partial charge < -0.3 is 15.0 Å². The van der Waals surface area contributed by atoms with Crippen LogP contribution in [0.3, 0.4) is 0 Å². The van der Waals surface area contributed by atoms with Crippen molar-refractivity contribution in [3.63, 3.8) is 0 Å². The van der Waals surface area contributed by atoms with Gasteiger partial charge in [-0.15, -0.1) is 0 Å². The number of esters is 1.